The second-order valence-electron chi connectivity index (χ2n) is 6.15. The van der Waals surface area contributed by atoms with Crippen LogP contribution in [-0.2, 0) is 17.8 Å². The molecule has 0 spiro atoms. The molecule has 3 rings (SSSR count). The molecule has 0 bridgehead atoms. The largest absolute Gasteiger partial charge is 0.350 e. The third-order valence-corrected chi connectivity index (χ3v) is 4.98. The molecular weight excluding hydrogens is 382 g/mol. The predicted molar refractivity (Wildman–Crippen MR) is 104 cm³/mol. The zero-order chi connectivity index (χ0) is 19.9. The topological polar surface area (TPSA) is 58.2 Å². The molecular formula is C21H18F2N2O2S. The molecule has 144 valence electrons. The number of amides is 2. The van der Waals surface area contributed by atoms with E-state index >= 15 is 0 Å². The molecule has 2 aromatic carbocycles. The van der Waals surface area contributed by atoms with E-state index in [9.17, 15) is 18.4 Å². The Morgan fingerprint density at radius 1 is 1.00 bits per heavy atom. The molecule has 4 nitrogen and oxygen atoms in total. The van der Waals surface area contributed by atoms with Gasteiger partial charge in [0.15, 0.2) is 0 Å². The van der Waals surface area contributed by atoms with Gasteiger partial charge >= 0.3 is 0 Å². The molecule has 0 fully saturated rings. The Kier molecular flexibility index (Phi) is 6.49. The lowest BCUT2D eigenvalue weighted by atomic mass is 10.0. The van der Waals surface area contributed by atoms with Crippen LogP contribution in [0, 0.1) is 11.6 Å². The van der Waals surface area contributed by atoms with Gasteiger partial charge in [-0.05, 0) is 35.2 Å². The van der Waals surface area contributed by atoms with E-state index < -0.39 is 23.6 Å². The number of carbonyl (C=O) groups excluding carboxylic acids is 2. The van der Waals surface area contributed by atoms with Crippen LogP contribution in [0.3, 0.4) is 0 Å². The first-order valence-corrected chi connectivity index (χ1v) is 9.51. The first-order chi connectivity index (χ1) is 13.5. The van der Waals surface area contributed by atoms with E-state index in [0.717, 1.165) is 23.8 Å². The number of thiophene rings is 1. The summed E-state index contributed by atoms with van der Waals surface area (Å²) in [6.07, 6.45) is 0.273. The van der Waals surface area contributed by atoms with Crippen LogP contribution in [0.15, 0.2) is 66.0 Å². The summed E-state index contributed by atoms with van der Waals surface area (Å²) >= 11 is 1.27. The van der Waals surface area contributed by atoms with Crippen molar-refractivity contribution in [3.05, 3.63) is 93.7 Å². The van der Waals surface area contributed by atoms with Crippen LogP contribution in [0.2, 0.25) is 0 Å². The average Bonchev–Trinajstić information content (AvgIpc) is 3.23. The predicted octanol–water partition coefficient (Wildman–Crippen LogP) is 3.68. The highest BCUT2D eigenvalue weighted by molar-refractivity contribution is 7.12. The van der Waals surface area contributed by atoms with E-state index in [1.54, 1.807) is 17.5 Å². The molecule has 1 heterocycles. The average molecular weight is 400 g/mol. The van der Waals surface area contributed by atoms with E-state index in [1.807, 2.05) is 30.3 Å². The fourth-order valence-corrected chi connectivity index (χ4v) is 3.31. The molecule has 3 aromatic rings. The van der Waals surface area contributed by atoms with Crippen LogP contribution in [0.25, 0.3) is 0 Å². The van der Waals surface area contributed by atoms with Crippen molar-refractivity contribution in [3.63, 3.8) is 0 Å². The summed E-state index contributed by atoms with van der Waals surface area (Å²) < 4.78 is 27.1. The minimum absolute atomic E-state index is 0.0383. The summed E-state index contributed by atoms with van der Waals surface area (Å²) in [5.41, 5.74) is 0.905. The number of nitrogens with one attached hydrogen (secondary N) is 2. The number of rotatable bonds is 7. The maximum atomic E-state index is 13.8. The van der Waals surface area contributed by atoms with Gasteiger partial charge in [0.1, 0.15) is 17.7 Å². The number of carbonyl (C=O) groups is 2. The van der Waals surface area contributed by atoms with Crippen LogP contribution < -0.4 is 10.6 Å². The SMILES string of the molecule is O=C(NC(Cc1ccccc1)C(=O)NCc1cc(F)ccc1F)c1cccs1. The molecule has 0 aliphatic carbocycles. The lowest BCUT2D eigenvalue weighted by Crippen LogP contribution is -2.47. The van der Waals surface area contributed by atoms with Gasteiger partial charge in [-0.2, -0.15) is 0 Å². The van der Waals surface area contributed by atoms with E-state index in [0.29, 0.717) is 4.88 Å². The third-order valence-electron chi connectivity index (χ3n) is 4.11. The highest BCUT2D eigenvalue weighted by Gasteiger charge is 2.22. The second kappa shape index (κ2) is 9.23. The van der Waals surface area contributed by atoms with Crippen molar-refractivity contribution in [2.24, 2.45) is 0 Å². The normalized spacial score (nSPS) is 11.6. The van der Waals surface area contributed by atoms with E-state index in [2.05, 4.69) is 10.6 Å². The van der Waals surface area contributed by atoms with Crippen LogP contribution in [0.5, 0.6) is 0 Å². The molecule has 0 saturated heterocycles. The van der Waals surface area contributed by atoms with E-state index in [4.69, 9.17) is 0 Å². The van der Waals surface area contributed by atoms with Crippen molar-refractivity contribution >= 4 is 23.2 Å². The number of halogens is 2. The van der Waals surface area contributed by atoms with Gasteiger partial charge in [-0.3, -0.25) is 9.59 Å². The lowest BCUT2D eigenvalue weighted by molar-refractivity contribution is -0.123. The Hall–Kier alpha value is -3.06. The first kappa shape index (κ1) is 19.7. The van der Waals surface area contributed by atoms with E-state index in [1.165, 1.54) is 11.3 Å². The van der Waals surface area contributed by atoms with Crippen molar-refractivity contribution in [2.75, 3.05) is 0 Å². The molecule has 1 unspecified atom stereocenters. The maximum Gasteiger partial charge on any atom is 0.262 e. The van der Waals surface area contributed by atoms with Gasteiger partial charge in [0.25, 0.3) is 5.91 Å². The van der Waals surface area contributed by atoms with Crippen molar-refractivity contribution in [1.82, 2.24) is 10.6 Å². The second-order valence-corrected chi connectivity index (χ2v) is 7.09. The molecule has 1 atom stereocenters. The smallest absolute Gasteiger partial charge is 0.262 e. The molecule has 0 aliphatic heterocycles. The van der Waals surface area contributed by atoms with Crippen molar-refractivity contribution in [2.45, 2.75) is 19.0 Å². The Labute approximate surface area is 165 Å². The molecule has 2 amide bonds. The summed E-state index contributed by atoms with van der Waals surface area (Å²) in [6, 6.07) is 14.9. The van der Waals surface area contributed by atoms with Gasteiger partial charge in [0.2, 0.25) is 5.91 Å². The van der Waals surface area contributed by atoms with Gasteiger partial charge in [-0.25, -0.2) is 8.78 Å². The Morgan fingerprint density at radius 3 is 2.50 bits per heavy atom. The maximum absolute atomic E-state index is 13.8. The molecule has 2 N–H and O–H groups in total. The molecule has 7 heteroatoms. The van der Waals surface area contributed by atoms with Gasteiger partial charge in [0, 0.05) is 18.5 Å². The molecule has 1 aromatic heterocycles. The Balaban J connectivity index is 1.72. The standard InChI is InChI=1S/C21H18F2N2O2S/c22-16-8-9-17(23)15(12-16)13-24-20(26)18(11-14-5-2-1-3-6-14)25-21(27)19-7-4-10-28-19/h1-10,12,18H,11,13H2,(H,24,26)(H,25,27). The monoisotopic (exact) mass is 400 g/mol. The lowest BCUT2D eigenvalue weighted by Gasteiger charge is -2.18. The third kappa shape index (κ3) is 5.23. The number of hydrogen-bond donors (Lipinski definition) is 2. The summed E-state index contributed by atoms with van der Waals surface area (Å²) in [6.45, 7) is -0.178. The fourth-order valence-electron chi connectivity index (χ4n) is 2.68. The summed E-state index contributed by atoms with van der Waals surface area (Å²) in [5.74, 6) is -2.03. The quantitative estimate of drug-likeness (QED) is 0.636. The van der Waals surface area contributed by atoms with Crippen LogP contribution >= 0.6 is 11.3 Å². The summed E-state index contributed by atoms with van der Waals surface area (Å²) in [4.78, 5) is 25.6. The van der Waals surface area contributed by atoms with Crippen LogP contribution in [0.4, 0.5) is 8.78 Å². The minimum Gasteiger partial charge on any atom is -0.350 e. The Bertz CT molecular complexity index is 946. The number of benzene rings is 2. The van der Waals surface area contributed by atoms with Gasteiger partial charge in [0.05, 0.1) is 4.88 Å². The highest BCUT2D eigenvalue weighted by atomic mass is 32.1. The fraction of sp³-hybridized carbons (Fsp3) is 0.143. The Morgan fingerprint density at radius 2 is 1.79 bits per heavy atom. The first-order valence-electron chi connectivity index (χ1n) is 8.63. The minimum atomic E-state index is -0.853. The number of hydrogen-bond acceptors (Lipinski definition) is 3. The van der Waals surface area contributed by atoms with Crippen molar-refractivity contribution < 1.29 is 18.4 Å². The van der Waals surface area contributed by atoms with Crippen molar-refractivity contribution in [1.29, 1.82) is 0 Å². The van der Waals surface area contributed by atoms with E-state index in [-0.39, 0.29) is 24.4 Å². The molecule has 28 heavy (non-hydrogen) atoms. The van der Waals surface area contributed by atoms with Crippen LogP contribution in [-0.4, -0.2) is 17.9 Å². The molecule has 0 aliphatic rings. The van der Waals surface area contributed by atoms with Crippen LogP contribution in [0.1, 0.15) is 20.8 Å². The van der Waals surface area contributed by atoms with Crippen molar-refractivity contribution in [3.8, 4) is 0 Å². The molecule has 0 saturated carbocycles. The summed E-state index contributed by atoms with van der Waals surface area (Å²) in [7, 11) is 0. The van der Waals surface area contributed by atoms with Gasteiger partial charge in [-0.15, -0.1) is 11.3 Å². The zero-order valence-electron chi connectivity index (χ0n) is 14.8. The highest BCUT2D eigenvalue weighted by Crippen LogP contribution is 2.12. The van der Waals surface area contributed by atoms with Gasteiger partial charge < -0.3 is 10.6 Å². The van der Waals surface area contributed by atoms with Gasteiger partial charge in [-0.1, -0.05) is 36.4 Å². The molecule has 0 radical (unpaired) electrons. The summed E-state index contributed by atoms with van der Waals surface area (Å²) in [5, 5.41) is 7.07. The zero-order valence-corrected chi connectivity index (χ0v) is 15.6.